The lowest BCUT2D eigenvalue weighted by molar-refractivity contribution is 0.942. The van der Waals surface area contributed by atoms with E-state index >= 15 is 0 Å². The number of aromatic amines is 1. The molecule has 0 saturated carbocycles. The average molecular weight is 219 g/mol. The molecule has 0 aliphatic heterocycles. The molecule has 1 N–H and O–H groups in total. The van der Waals surface area contributed by atoms with Gasteiger partial charge in [-0.15, -0.1) is 0 Å². The van der Waals surface area contributed by atoms with Gasteiger partial charge in [0, 0.05) is 5.56 Å². The standard InChI is InChI=1S/C9H9N3.2C2H6/c1-7-2-4-8(5-3-7)9-6-10-12-11-9;2*1-2/h2-6H,1H3,(H,10,11,12);2*1-2H3. The van der Waals surface area contributed by atoms with E-state index in [0.717, 1.165) is 11.3 Å². The summed E-state index contributed by atoms with van der Waals surface area (Å²) in [6.07, 6.45) is 1.71. The molecule has 0 atom stereocenters. The minimum Gasteiger partial charge on any atom is -0.197 e. The maximum absolute atomic E-state index is 3.98. The van der Waals surface area contributed by atoms with Crippen molar-refractivity contribution in [1.29, 1.82) is 0 Å². The van der Waals surface area contributed by atoms with Crippen LogP contribution in [0, 0.1) is 6.92 Å². The molecular weight excluding hydrogens is 198 g/mol. The third-order valence-electron chi connectivity index (χ3n) is 1.76. The lowest BCUT2D eigenvalue weighted by Crippen LogP contribution is -1.77. The van der Waals surface area contributed by atoms with Crippen LogP contribution in [-0.4, -0.2) is 15.4 Å². The van der Waals surface area contributed by atoms with Crippen LogP contribution >= 0.6 is 0 Å². The van der Waals surface area contributed by atoms with Crippen molar-refractivity contribution in [2.45, 2.75) is 34.6 Å². The molecule has 1 aromatic carbocycles. The third-order valence-corrected chi connectivity index (χ3v) is 1.76. The van der Waals surface area contributed by atoms with Crippen LogP contribution in [0.15, 0.2) is 30.5 Å². The number of aryl methyl sites for hydroxylation is 1. The molecule has 0 amide bonds. The van der Waals surface area contributed by atoms with Crippen LogP contribution in [0.1, 0.15) is 33.3 Å². The van der Waals surface area contributed by atoms with Crippen LogP contribution < -0.4 is 0 Å². The second-order valence-corrected chi connectivity index (χ2v) is 2.72. The summed E-state index contributed by atoms with van der Waals surface area (Å²) in [7, 11) is 0. The highest BCUT2D eigenvalue weighted by Gasteiger charge is 1.97. The minimum absolute atomic E-state index is 0.884. The maximum Gasteiger partial charge on any atom is 0.112 e. The van der Waals surface area contributed by atoms with Gasteiger partial charge in [-0.2, -0.15) is 15.4 Å². The zero-order chi connectivity index (χ0) is 12.4. The highest BCUT2D eigenvalue weighted by Crippen LogP contribution is 2.14. The number of benzene rings is 1. The molecule has 88 valence electrons. The van der Waals surface area contributed by atoms with Gasteiger partial charge in [0.1, 0.15) is 5.69 Å². The first-order valence-electron chi connectivity index (χ1n) is 5.79. The van der Waals surface area contributed by atoms with Crippen molar-refractivity contribution in [1.82, 2.24) is 15.4 Å². The van der Waals surface area contributed by atoms with Gasteiger partial charge in [0.2, 0.25) is 0 Å². The van der Waals surface area contributed by atoms with Crippen LogP contribution in [0.4, 0.5) is 0 Å². The zero-order valence-electron chi connectivity index (χ0n) is 10.8. The fourth-order valence-electron chi connectivity index (χ4n) is 1.07. The summed E-state index contributed by atoms with van der Waals surface area (Å²) in [4.78, 5) is 0. The summed E-state index contributed by atoms with van der Waals surface area (Å²) < 4.78 is 0. The fourth-order valence-corrected chi connectivity index (χ4v) is 1.07. The smallest absolute Gasteiger partial charge is 0.112 e. The molecule has 2 aromatic rings. The molecule has 1 heterocycles. The molecule has 0 spiro atoms. The van der Waals surface area contributed by atoms with Crippen molar-refractivity contribution in [3.8, 4) is 11.3 Å². The number of rotatable bonds is 1. The average Bonchev–Trinajstić information content (AvgIpc) is 2.89. The van der Waals surface area contributed by atoms with Crippen molar-refractivity contribution in [3.63, 3.8) is 0 Å². The van der Waals surface area contributed by atoms with E-state index in [1.807, 2.05) is 39.8 Å². The predicted molar refractivity (Wildman–Crippen MR) is 69.3 cm³/mol. The predicted octanol–water partition coefficient (Wildman–Crippen LogP) is 3.83. The van der Waals surface area contributed by atoms with Crippen molar-refractivity contribution in [2.24, 2.45) is 0 Å². The summed E-state index contributed by atoms with van der Waals surface area (Å²) in [6, 6.07) is 8.19. The van der Waals surface area contributed by atoms with E-state index in [4.69, 9.17) is 0 Å². The van der Waals surface area contributed by atoms with E-state index in [-0.39, 0.29) is 0 Å². The minimum atomic E-state index is 0.884. The van der Waals surface area contributed by atoms with Gasteiger partial charge in [0.15, 0.2) is 0 Å². The largest absolute Gasteiger partial charge is 0.197 e. The highest BCUT2D eigenvalue weighted by atomic mass is 15.3. The fraction of sp³-hybridized carbons (Fsp3) is 0.385. The first-order valence-corrected chi connectivity index (χ1v) is 5.79. The van der Waals surface area contributed by atoms with Gasteiger partial charge in [0.05, 0.1) is 6.20 Å². The SMILES string of the molecule is CC.CC.Cc1ccc(-c2cn[nH]n2)cc1. The summed E-state index contributed by atoms with van der Waals surface area (Å²) in [5, 5.41) is 10.3. The van der Waals surface area contributed by atoms with E-state index in [1.165, 1.54) is 5.56 Å². The van der Waals surface area contributed by atoms with Gasteiger partial charge in [-0.3, -0.25) is 0 Å². The van der Waals surface area contributed by atoms with E-state index in [1.54, 1.807) is 6.20 Å². The van der Waals surface area contributed by atoms with Gasteiger partial charge < -0.3 is 0 Å². The quantitative estimate of drug-likeness (QED) is 0.792. The van der Waals surface area contributed by atoms with Gasteiger partial charge in [-0.1, -0.05) is 57.5 Å². The Kier molecular flexibility index (Phi) is 7.76. The second kappa shape index (κ2) is 8.65. The van der Waals surface area contributed by atoms with Gasteiger partial charge in [-0.25, -0.2) is 0 Å². The Hall–Kier alpha value is -1.64. The van der Waals surface area contributed by atoms with Crippen molar-refractivity contribution >= 4 is 0 Å². The summed E-state index contributed by atoms with van der Waals surface area (Å²) in [5.74, 6) is 0. The number of H-pyrrole nitrogens is 1. The van der Waals surface area contributed by atoms with Crippen LogP contribution in [-0.2, 0) is 0 Å². The number of nitrogens with zero attached hydrogens (tertiary/aromatic N) is 2. The first-order chi connectivity index (χ1) is 7.86. The molecule has 16 heavy (non-hydrogen) atoms. The zero-order valence-corrected chi connectivity index (χ0v) is 10.8. The second-order valence-electron chi connectivity index (χ2n) is 2.72. The van der Waals surface area contributed by atoms with Crippen LogP contribution in [0.5, 0.6) is 0 Å². The van der Waals surface area contributed by atoms with Crippen molar-refractivity contribution in [3.05, 3.63) is 36.0 Å². The summed E-state index contributed by atoms with van der Waals surface area (Å²) in [6.45, 7) is 10.1. The molecule has 2 rings (SSSR count). The Labute approximate surface area is 97.9 Å². The lowest BCUT2D eigenvalue weighted by atomic mass is 10.1. The molecule has 1 aromatic heterocycles. The molecule has 0 bridgehead atoms. The van der Waals surface area contributed by atoms with Crippen LogP contribution in [0.3, 0.4) is 0 Å². The molecule has 0 unspecified atom stereocenters. The van der Waals surface area contributed by atoms with Crippen molar-refractivity contribution < 1.29 is 0 Å². The van der Waals surface area contributed by atoms with E-state index in [2.05, 4.69) is 34.5 Å². The monoisotopic (exact) mass is 219 g/mol. The Bertz CT molecular complexity index is 349. The van der Waals surface area contributed by atoms with E-state index in [0.29, 0.717) is 0 Å². The van der Waals surface area contributed by atoms with Gasteiger partial charge in [-0.05, 0) is 6.92 Å². The number of aromatic nitrogens is 3. The highest BCUT2D eigenvalue weighted by molar-refractivity contribution is 5.57. The molecule has 0 aliphatic rings. The Morgan fingerprint density at radius 2 is 1.50 bits per heavy atom. The number of hydrogen-bond acceptors (Lipinski definition) is 2. The Morgan fingerprint density at radius 3 is 1.94 bits per heavy atom. The summed E-state index contributed by atoms with van der Waals surface area (Å²) >= 11 is 0. The molecule has 0 saturated heterocycles. The van der Waals surface area contributed by atoms with Crippen LogP contribution in [0.25, 0.3) is 11.3 Å². The number of nitrogens with one attached hydrogen (secondary N) is 1. The Morgan fingerprint density at radius 1 is 0.938 bits per heavy atom. The molecule has 3 nitrogen and oxygen atoms in total. The third kappa shape index (κ3) is 4.26. The molecular formula is C13H21N3. The van der Waals surface area contributed by atoms with Gasteiger partial charge >= 0.3 is 0 Å². The molecule has 3 heteroatoms. The van der Waals surface area contributed by atoms with Crippen LogP contribution in [0.2, 0.25) is 0 Å². The first kappa shape index (κ1) is 14.4. The summed E-state index contributed by atoms with van der Waals surface area (Å²) in [5.41, 5.74) is 3.23. The molecule has 0 aliphatic carbocycles. The van der Waals surface area contributed by atoms with Gasteiger partial charge in [0.25, 0.3) is 0 Å². The Balaban J connectivity index is 0.000000509. The molecule has 0 fully saturated rings. The van der Waals surface area contributed by atoms with E-state index < -0.39 is 0 Å². The molecule has 0 radical (unpaired) electrons. The van der Waals surface area contributed by atoms with Crippen molar-refractivity contribution in [2.75, 3.05) is 0 Å². The maximum atomic E-state index is 3.98. The van der Waals surface area contributed by atoms with E-state index in [9.17, 15) is 0 Å². The lowest BCUT2D eigenvalue weighted by Gasteiger charge is -1.94. The topological polar surface area (TPSA) is 41.6 Å². The normalized spacial score (nSPS) is 8.31. The number of hydrogen-bond donors (Lipinski definition) is 1.